The first kappa shape index (κ1) is 14.1. The lowest BCUT2D eigenvalue weighted by atomic mass is 10.1. The fraction of sp³-hybridized carbons (Fsp3) is 0.375. The maximum Gasteiger partial charge on any atom is 0.268 e. The highest BCUT2D eigenvalue weighted by molar-refractivity contribution is 5.94. The third-order valence-corrected chi connectivity index (χ3v) is 3.33. The number of nitriles is 1. The molecule has 2 rings (SSSR count). The number of hydrogen-bond acceptors (Lipinski definition) is 3. The predicted octanol–water partition coefficient (Wildman–Crippen LogP) is 1.89. The molecule has 1 aliphatic rings. The molecule has 2 N–H and O–H groups in total. The lowest BCUT2D eigenvalue weighted by Gasteiger charge is -2.17. The summed E-state index contributed by atoms with van der Waals surface area (Å²) < 4.78 is 0. The molecule has 4 heteroatoms. The van der Waals surface area contributed by atoms with Crippen LogP contribution in [0.3, 0.4) is 0 Å². The molecule has 4 nitrogen and oxygen atoms in total. The molecule has 20 heavy (non-hydrogen) atoms. The van der Waals surface area contributed by atoms with E-state index in [-0.39, 0.29) is 11.9 Å². The highest BCUT2D eigenvalue weighted by atomic mass is 16.2. The first-order valence-corrected chi connectivity index (χ1v) is 6.92. The van der Waals surface area contributed by atoms with Gasteiger partial charge >= 0.3 is 0 Å². The monoisotopic (exact) mass is 269 g/mol. The molecule has 0 fully saturated rings. The van der Waals surface area contributed by atoms with E-state index in [9.17, 15) is 10.1 Å². The second-order valence-corrected chi connectivity index (χ2v) is 5.06. The van der Waals surface area contributed by atoms with Crippen LogP contribution < -0.4 is 10.6 Å². The van der Waals surface area contributed by atoms with E-state index in [0.29, 0.717) is 24.2 Å². The van der Waals surface area contributed by atoms with Crippen LogP contribution in [0.2, 0.25) is 0 Å². The van der Waals surface area contributed by atoms with Crippen LogP contribution in [0.15, 0.2) is 41.6 Å². The predicted molar refractivity (Wildman–Crippen MR) is 77.6 cm³/mol. The summed E-state index contributed by atoms with van der Waals surface area (Å²) >= 11 is 0. The van der Waals surface area contributed by atoms with Gasteiger partial charge in [-0.3, -0.25) is 4.79 Å². The number of carbonyl (C=O) groups is 1. The molecule has 0 radical (unpaired) electrons. The van der Waals surface area contributed by atoms with Crippen molar-refractivity contribution in [3.8, 4) is 6.07 Å². The van der Waals surface area contributed by atoms with Gasteiger partial charge in [-0.25, -0.2) is 0 Å². The number of benzene rings is 1. The number of nitrogens with one attached hydrogen (secondary N) is 2. The van der Waals surface area contributed by atoms with Crippen LogP contribution in [0.25, 0.3) is 0 Å². The maximum absolute atomic E-state index is 12.0. The SMILES string of the molecule is C[C@@H](Cc1ccccc1)NC1=C(C#N)CCCNC1=O. The fourth-order valence-electron chi connectivity index (χ4n) is 2.35. The first-order chi connectivity index (χ1) is 9.70. The van der Waals surface area contributed by atoms with Gasteiger partial charge in [0.05, 0.1) is 11.6 Å². The van der Waals surface area contributed by atoms with Crippen LogP contribution in [0, 0.1) is 11.3 Å². The summed E-state index contributed by atoms with van der Waals surface area (Å²) in [5, 5.41) is 15.2. The van der Waals surface area contributed by atoms with Gasteiger partial charge in [-0.2, -0.15) is 5.26 Å². The molecule has 1 aromatic rings. The molecule has 1 aromatic carbocycles. The fourth-order valence-corrected chi connectivity index (χ4v) is 2.35. The van der Waals surface area contributed by atoms with E-state index in [4.69, 9.17) is 0 Å². The van der Waals surface area contributed by atoms with Crippen molar-refractivity contribution in [3.05, 3.63) is 47.2 Å². The average Bonchev–Trinajstić information content (AvgIpc) is 2.62. The van der Waals surface area contributed by atoms with Gasteiger partial charge in [0.2, 0.25) is 0 Å². The Morgan fingerprint density at radius 3 is 2.85 bits per heavy atom. The Kier molecular flexibility index (Phi) is 4.78. The Bertz CT molecular complexity index is 543. The number of amides is 1. The molecule has 1 aliphatic heterocycles. The minimum absolute atomic E-state index is 0.0969. The Hall–Kier alpha value is -2.28. The van der Waals surface area contributed by atoms with Crippen molar-refractivity contribution < 1.29 is 4.79 Å². The lowest BCUT2D eigenvalue weighted by Crippen LogP contribution is -2.37. The average molecular weight is 269 g/mol. The molecule has 0 saturated carbocycles. The molecular weight excluding hydrogens is 250 g/mol. The smallest absolute Gasteiger partial charge is 0.268 e. The van der Waals surface area contributed by atoms with Crippen molar-refractivity contribution in [2.24, 2.45) is 0 Å². The van der Waals surface area contributed by atoms with E-state index in [1.165, 1.54) is 5.56 Å². The lowest BCUT2D eigenvalue weighted by molar-refractivity contribution is -0.117. The summed E-state index contributed by atoms with van der Waals surface area (Å²) in [5.74, 6) is -0.168. The largest absolute Gasteiger partial charge is 0.377 e. The quantitative estimate of drug-likeness (QED) is 0.877. The number of rotatable bonds is 4. The summed E-state index contributed by atoms with van der Waals surface area (Å²) in [5.41, 5.74) is 2.20. The molecule has 0 saturated heterocycles. The second-order valence-electron chi connectivity index (χ2n) is 5.06. The number of nitrogens with zero attached hydrogens (tertiary/aromatic N) is 1. The molecule has 0 spiro atoms. The van der Waals surface area contributed by atoms with Gasteiger partial charge in [0.15, 0.2) is 0 Å². The molecule has 1 amide bonds. The number of allylic oxidation sites excluding steroid dienone is 1. The van der Waals surface area contributed by atoms with Crippen LogP contribution in [0.1, 0.15) is 25.3 Å². The van der Waals surface area contributed by atoms with Crippen LogP contribution in [0.5, 0.6) is 0 Å². The van der Waals surface area contributed by atoms with Crippen molar-refractivity contribution >= 4 is 5.91 Å². The van der Waals surface area contributed by atoms with Gasteiger partial charge in [-0.1, -0.05) is 30.3 Å². The highest BCUT2D eigenvalue weighted by Gasteiger charge is 2.20. The summed E-state index contributed by atoms with van der Waals surface area (Å²) in [6, 6.07) is 12.4. The Labute approximate surface area is 119 Å². The summed E-state index contributed by atoms with van der Waals surface area (Å²) in [7, 11) is 0. The maximum atomic E-state index is 12.0. The first-order valence-electron chi connectivity index (χ1n) is 6.92. The van der Waals surface area contributed by atoms with E-state index >= 15 is 0 Å². The zero-order valence-corrected chi connectivity index (χ0v) is 11.6. The van der Waals surface area contributed by atoms with Gasteiger partial charge in [0.25, 0.3) is 5.91 Å². The second kappa shape index (κ2) is 6.76. The van der Waals surface area contributed by atoms with Gasteiger partial charge in [-0.15, -0.1) is 0 Å². The van der Waals surface area contributed by atoms with Crippen molar-refractivity contribution in [3.63, 3.8) is 0 Å². The minimum atomic E-state index is -0.168. The summed E-state index contributed by atoms with van der Waals surface area (Å²) in [4.78, 5) is 12.0. The molecular formula is C16H19N3O. The third-order valence-electron chi connectivity index (χ3n) is 3.33. The van der Waals surface area contributed by atoms with Crippen molar-refractivity contribution in [1.29, 1.82) is 5.26 Å². The molecule has 0 aliphatic carbocycles. The van der Waals surface area contributed by atoms with Crippen LogP contribution in [0.4, 0.5) is 0 Å². The van der Waals surface area contributed by atoms with E-state index in [1.54, 1.807) is 0 Å². The topological polar surface area (TPSA) is 64.9 Å². The van der Waals surface area contributed by atoms with Gasteiger partial charge in [-0.05, 0) is 31.7 Å². The zero-order valence-electron chi connectivity index (χ0n) is 11.6. The summed E-state index contributed by atoms with van der Waals surface area (Å²) in [6.07, 6.45) is 2.28. The van der Waals surface area contributed by atoms with Gasteiger partial charge in [0, 0.05) is 12.6 Å². The van der Waals surface area contributed by atoms with Crippen molar-refractivity contribution in [2.45, 2.75) is 32.2 Å². The Morgan fingerprint density at radius 2 is 2.15 bits per heavy atom. The number of carbonyl (C=O) groups excluding carboxylic acids is 1. The Balaban J connectivity index is 2.08. The van der Waals surface area contributed by atoms with E-state index < -0.39 is 0 Å². The van der Waals surface area contributed by atoms with Crippen molar-refractivity contribution in [2.75, 3.05) is 6.54 Å². The van der Waals surface area contributed by atoms with Crippen LogP contribution in [-0.2, 0) is 11.2 Å². The van der Waals surface area contributed by atoms with Crippen molar-refractivity contribution in [1.82, 2.24) is 10.6 Å². The van der Waals surface area contributed by atoms with Gasteiger partial charge < -0.3 is 10.6 Å². The normalized spacial score (nSPS) is 16.9. The van der Waals surface area contributed by atoms with Crippen LogP contribution >= 0.6 is 0 Å². The molecule has 0 unspecified atom stereocenters. The van der Waals surface area contributed by atoms with Gasteiger partial charge in [0.1, 0.15) is 5.70 Å². The zero-order chi connectivity index (χ0) is 14.4. The third kappa shape index (κ3) is 3.61. The number of hydrogen-bond donors (Lipinski definition) is 2. The Morgan fingerprint density at radius 1 is 1.40 bits per heavy atom. The van der Waals surface area contributed by atoms with Crippen LogP contribution in [-0.4, -0.2) is 18.5 Å². The standard InChI is InChI=1S/C16H19N3O/c1-12(10-13-6-3-2-4-7-13)19-15-14(11-17)8-5-9-18-16(15)20/h2-4,6-7,12,19H,5,8-10H2,1H3,(H,18,20)/t12-/m0/s1. The molecule has 0 aromatic heterocycles. The van der Waals surface area contributed by atoms with E-state index in [1.807, 2.05) is 25.1 Å². The van der Waals surface area contributed by atoms with E-state index in [2.05, 4.69) is 28.8 Å². The molecule has 104 valence electrons. The molecule has 0 bridgehead atoms. The molecule has 1 heterocycles. The minimum Gasteiger partial charge on any atom is -0.377 e. The molecule has 1 atom stereocenters. The van der Waals surface area contributed by atoms with E-state index in [0.717, 1.165) is 12.8 Å². The highest BCUT2D eigenvalue weighted by Crippen LogP contribution is 2.13. The summed E-state index contributed by atoms with van der Waals surface area (Å²) in [6.45, 7) is 2.65.